The fourth-order valence-corrected chi connectivity index (χ4v) is 1.70. The molecule has 0 fully saturated rings. The Morgan fingerprint density at radius 2 is 1.73 bits per heavy atom. The summed E-state index contributed by atoms with van der Waals surface area (Å²) in [6.45, 7) is 7.46. The van der Waals surface area contributed by atoms with E-state index in [9.17, 15) is 9.59 Å². The number of benzene rings is 1. The quantitative estimate of drug-likeness (QED) is 0.427. The number of rotatable bonds is 3. The minimum atomic E-state index is -0.647. The second kappa shape index (κ2) is 10.5. The Hall–Kier alpha value is -1.23. The van der Waals surface area contributed by atoms with Crippen LogP contribution in [0.5, 0.6) is 0 Å². The molecule has 3 nitrogen and oxygen atoms in total. The number of hydrogen-bond acceptors (Lipinski definition) is 3. The molecule has 0 aliphatic rings. The van der Waals surface area contributed by atoms with Gasteiger partial charge in [-0.2, -0.15) is 0 Å². The van der Waals surface area contributed by atoms with Gasteiger partial charge in [-0.1, -0.05) is 64.1 Å². The van der Waals surface area contributed by atoms with Crippen molar-refractivity contribution >= 4 is 11.9 Å². The smallest absolute Gasteiger partial charge is 0.228 e. The molecule has 0 N–H and O–H groups in total. The Bertz CT molecular complexity index is 685. The molecule has 22 heavy (non-hydrogen) atoms. The third kappa shape index (κ3) is 5.52. The van der Waals surface area contributed by atoms with Gasteiger partial charge in [0.1, 0.15) is 0 Å². The van der Waals surface area contributed by atoms with Gasteiger partial charge >= 0.3 is 0 Å². The summed E-state index contributed by atoms with van der Waals surface area (Å²) in [4.78, 5) is 23.6. The molecule has 1 aromatic heterocycles. The van der Waals surface area contributed by atoms with Crippen LogP contribution in [0.25, 0.3) is 6.08 Å². The minimum absolute atomic E-state index is 0. The van der Waals surface area contributed by atoms with E-state index < -0.39 is 5.63 Å². The van der Waals surface area contributed by atoms with E-state index in [1.165, 1.54) is 6.08 Å². The van der Waals surface area contributed by atoms with Crippen LogP contribution in [-0.4, -0.2) is 5.78 Å². The minimum Gasteiger partial charge on any atom is -0.552 e. The number of carbonyl (C=O) groups is 1. The summed E-state index contributed by atoms with van der Waals surface area (Å²) in [7, 11) is 0. The van der Waals surface area contributed by atoms with Crippen LogP contribution in [-0.2, 0) is 0 Å². The first-order valence-corrected chi connectivity index (χ1v) is 6.89. The van der Waals surface area contributed by atoms with Crippen LogP contribution in [0.4, 0.5) is 0 Å². The molecule has 1 aromatic carbocycles. The van der Waals surface area contributed by atoms with E-state index in [-0.39, 0.29) is 46.9 Å². The number of carbonyl (C=O) groups excluding carboxylic acids is 1. The maximum absolute atomic E-state index is 12.1. The second-order valence-corrected chi connectivity index (χ2v) is 4.22. The predicted octanol–water partition coefficient (Wildman–Crippen LogP) is 3.98. The standard InChI is InChI=1S/C16H13O3.C2H6.La/c1-11-10-19-16(18)15(12(11)2)14(17)9-8-13-6-4-3-5-7-13;1-2;/h3-9H,1-2H3;1-2H3;/q-1;;/b9-8+;;. The van der Waals surface area contributed by atoms with Crippen molar-refractivity contribution < 1.29 is 44.8 Å². The maximum Gasteiger partial charge on any atom is 0.228 e. The van der Waals surface area contributed by atoms with E-state index >= 15 is 0 Å². The van der Waals surface area contributed by atoms with Gasteiger partial charge in [0.05, 0.1) is 0 Å². The fraction of sp³-hybridized carbons (Fsp3) is 0.222. The normalized spacial score (nSPS) is 9.64. The summed E-state index contributed by atoms with van der Waals surface area (Å²) in [6.07, 6.45) is 5.53. The van der Waals surface area contributed by atoms with Crippen molar-refractivity contribution in [3.8, 4) is 0 Å². The van der Waals surface area contributed by atoms with Crippen molar-refractivity contribution in [2.75, 3.05) is 0 Å². The van der Waals surface area contributed by atoms with Crippen molar-refractivity contribution in [3.63, 3.8) is 0 Å². The molecule has 113 valence electrons. The summed E-state index contributed by atoms with van der Waals surface area (Å²) in [5.41, 5.74) is 1.60. The van der Waals surface area contributed by atoms with Gasteiger partial charge in [0.15, 0.2) is 5.78 Å². The molecular formula is C18H19LaO3-. The molecule has 4 heteroatoms. The molecule has 0 aliphatic heterocycles. The average Bonchev–Trinajstić information content (AvgIpc) is 2.52. The van der Waals surface area contributed by atoms with Crippen LogP contribution >= 0.6 is 0 Å². The first kappa shape index (κ1) is 20.8. The Morgan fingerprint density at radius 1 is 1.14 bits per heavy atom. The van der Waals surface area contributed by atoms with Gasteiger partial charge in [-0.15, -0.1) is 11.1 Å². The first-order chi connectivity index (χ1) is 10.1. The van der Waals surface area contributed by atoms with Crippen LogP contribution in [0.3, 0.4) is 0 Å². The van der Waals surface area contributed by atoms with Gasteiger partial charge in [-0.25, -0.2) is 0 Å². The van der Waals surface area contributed by atoms with E-state index in [2.05, 4.69) is 6.26 Å². The SMILES string of the molecule is CC.Cc1[c-]oc(=O)c(C(=O)/C=C/c2ccccc2)c1C.[La]. The zero-order valence-corrected chi connectivity index (χ0v) is 17.0. The molecule has 0 unspecified atom stereocenters. The van der Waals surface area contributed by atoms with Gasteiger partial charge in [0.2, 0.25) is 5.63 Å². The van der Waals surface area contributed by atoms with Crippen LogP contribution in [0.1, 0.15) is 40.9 Å². The van der Waals surface area contributed by atoms with Crippen molar-refractivity contribution in [3.05, 3.63) is 75.3 Å². The molecule has 0 spiro atoms. The predicted molar refractivity (Wildman–Crippen MR) is 84.4 cm³/mol. The van der Waals surface area contributed by atoms with Gasteiger partial charge in [0, 0.05) is 41.9 Å². The molecule has 2 aromatic rings. The van der Waals surface area contributed by atoms with Gasteiger partial charge in [-0.3, -0.25) is 4.79 Å². The molecule has 0 saturated heterocycles. The Kier molecular flexibility index (Phi) is 9.91. The maximum atomic E-state index is 12.1. The monoisotopic (exact) mass is 422 g/mol. The van der Waals surface area contributed by atoms with E-state index in [4.69, 9.17) is 4.42 Å². The summed E-state index contributed by atoms with van der Waals surface area (Å²) in [6, 6.07) is 9.41. The summed E-state index contributed by atoms with van der Waals surface area (Å²) in [5, 5.41) is 0. The van der Waals surface area contributed by atoms with Crippen molar-refractivity contribution in [1.82, 2.24) is 0 Å². The number of allylic oxidation sites excluding steroid dienone is 1. The number of hydrogen-bond donors (Lipinski definition) is 0. The third-order valence-corrected chi connectivity index (χ3v) is 2.91. The molecule has 0 amide bonds. The van der Waals surface area contributed by atoms with Gasteiger partial charge in [-0.05, 0) is 17.2 Å². The van der Waals surface area contributed by atoms with Crippen molar-refractivity contribution in [1.29, 1.82) is 0 Å². The van der Waals surface area contributed by atoms with Crippen LogP contribution in [0.15, 0.2) is 45.6 Å². The number of ketones is 1. The van der Waals surface area contributed by atoms with Gasteiger partial charge < -0.3 is 9.21 Å². The molecule has 1 heterocycles. The molecule has 1 radical (unpaired) electrons. The summed E-state index contributed by atoms with van der Waals surface area (Å²) >= 11 is 0. The van der Waals surface area contributed by atoms with Gasteiger partial charge in [0.25, 0.3) is 0 Å². The van der Waals surface area contributed by atoms with Crippen LogP contribution < -0.4 is 5.63 Å². The molecule has 0 bridgehead atoms. The summed E-state index contributed by atoms with van der Waals surface area (Å²) in [5.74, 6) is -0.354. The second-order valence-electron chi connectivity index (χ2n) is 4.22. The zero-order chi connectivity index (χ0) is 15.8. The average molecular weight is 422 g/mol. The zero-order valence-electron chi connectivity index (χ0n) is 13.3. The molecular weight excluding hydrogens is 403 g/mol. The third-order valence-electron chi connectivity index (χ3n) is 2.91. The first-order valence-electron chi connectivity index (χ1n) is 6.89. The Balaban J connectivity index is 0.00000141. The van der Waals surface area contributed by atoms with Crippen LogP contribution in [0.2, 0.25) is 0 Å². The van der Waals surface area contributed by atoms with E-state index in [0.717, 1.165) is 5.56 Å². The summed E-state index contributed by atoms with van der Waals surface area (Å²) < 4.78 is 4.71. The number of aryl methyl sites for hydroxylation is 1. The van der Waals surface area contributed by atoms with Crippen LogP contribution in [0, 0.1) is 55.7 Å². The molecule has 0 aliphatic carbocycles. The molecule has 0 saturated carbocycles. The molecule has 2 rings (SSSR count). The van der Waals surface area contributed by atoms with E-state index in [1.54, 1.807) is 19.9 Å². The van der Waals surface area contributed by atoms with Crippen molar-refractivity contribution in [2.24, 2.45) is 0 Å². The van der Waals surface area contributed by atoms with E-state index in [1.807, 2.05) is 44.2 Å². The largest absolute Gasteiger partial charge is 0.552 e. The topological polar surface area (TPSA) is 47.3 Å². The molecule has 0 atom stereocenters. The Morgan fingerprint density at radius 3 is 2.32 bits per heavy atom. The van der Waals surface area contributed by atoms with E-state index in [0.29, 0.717) is 11.1 Å². The Labute approximate surface area is 159 Å². The van der Waals surface area contributed by atoms with Crippen molar-refractivity contribution in [2.45, 2.75) is 27.7 Å². The fourth-order valence-electron chi connectivity index (χ4n) is 1.70.